The first-order valence-electron chi connectivity index (χ1n) is 7.09. The first kappa shape index (κ1) is 15.7. The summed E-state index contributed by atoms with van der Waals surface area (Å²) in [6.07, 6.45) is 2.97. The lowest BCUT2D eigenvalue weighted by atomic mass is 10.2. The number of hydrogen-bond donors (Lipinski definition) is 1. The highest BCUT2D eigenvalue weighted by Gasteiger charge is 2.19. The van der Waals surface area contributed by atoms with Gasteiger partial charge >= 0.3 is 0 Å². The number of aromatic nitrogens is 4. The average molecular weight is 301 g/mol. The van der Waals surface area contributed by atoms with Gasteiger partial charge in [-0.2, -0.15) is 5.26 Å². The zero-order valence-corrected chi connectivity index (χ0v) is 12.9. The van der Waals surface area contributed by atoms with Gasteiger partial charge in [-0.1, -0.05) is 0 Å². The topological polar surface area (TPSA) is 102 Å². The third kappa shape index (κ3) is 3.31. The lowest BCUT2D eigenvalue weighted by Crippen LogP contribution is -2.41. The summed E-state index contributed by atoms with van der Waals surface area (Å²) >= 11 is 0. The molecule has 2 aromatic rings. The molecule has 0 saturated heterocycles. The van der Waals surface area contributed by atoms with Gasteiger partial charge in [0, 0.05) is 20.1 Å². The highest BCUT2D eigenvalue weighted by molar-refractivity contribution is 5.87. The number of carbonyl (C=O) groups excluding carboxylic acids is 1. The van der Waals surface area contributed by atoms with Gasteiger partial charge in [-0.15, -0.1) is 0 Å². The summed E-state index contributed by atoms with van der Waals surface area (Å²) in [5.74, 6) is 0.395. The van der Waals surface area contributed by atoms with Gasteiger partial charge in [0.1, 0.15) is 11.8 Å². The molecule has 0 radical (unpaired) electrons. The predicted molar refractivity (Wildman–Crippen MR) is 82.0 cm³/mol. The number of nitriles is 1. The number of amides is 1. The lowest BCUT2D eigenvalue weighted by Gasteiger charge is -2.25. The minimum atomic E-state index is -0.187. The summed E-state index contributed by atoms with van der Waals surface area (Å²) < 4.78 is 0. The van der Waals surface area contributed by atoms with Gasteiger partial charge in [-0.05, 0) is 13.8 Å². The van der Waals surface area contributed by atoms with Crippen molar-refractivity contribution in [3.05, 3.63) is 12.7 Å². The van der Waals surface area contributed by atoms with Gasteiger partial charge < -0.3 is 14.8 Å². The van der Waals surface area contributed by atoms with Crippen LogP contribution in [-0.4, -0.2) is 57.4 Å². The van der Waals surface area contributed by atoms with E-state index in [4.69, 9.17) is 5.26 Å². The molecule has 8 nitrogen and oxygen atoms in total. The van der Waals surface area contributed by atoms with E-state index in [1.165, 1.54) is 6.33 Å². The summed E-state index contributed by atoms with van der Waals surface area (Å²) in [4.78, 5) is 31.1. The van der Waals surface area contributed by atoms with Crippen molar-refractivity contribution in [3.63, 3.8) is 0 Å². The normalized spacial score (nSPS) is 11.9. The Labute approximate surface area is 128 Å². The van der Waals surface area contributed by atoms with Crippen LogP contribution in [-0.2, 0) is 4.79 Å². The standard InChI is InChI=1S/C14H19N7O/c1-4-21(6-10(2)5-15)11(22)7-20(3)14-12-13(17-8-16-12)18-9-19-14/h8-10H,4,6-7H2,1-3H3,(H,16,17,18,19). The van der Waals surface area contributed by atoms with Crippen molar-refractivity contribution in [2.75, 3.05) is 31.6 Å². The van der Waals surface area contributed by atoms with Crippen molar-refractivity contribution in [1.82, 2.24) is 24.8 Å². The molecule has 0 bridgehead atoms. The van der Waals surface area contributed by atoms with E-state index in [0.717, 1.165) is 0 Å². The highest BCUT2D eigenvalue weighted by Crippen LogP contribution is 2.18. The third-order valence-electron chi connectivity index (χ3n) is 3.39. The second-order valence-corrected chi connectivity index (χ2v) is 5.12. The molecule has 1 N–H and O–H groups in total. The van der Waals surface area contributed by atoms with Crippen molar-refractivity contribution in [2.24, 2.45) is 5.92 Å². The van der Waals surface area contributed by atoms with Crippen LogP contribution in [0.2, 0.25) is 0 Å². The number of likely N-dealkylation sites (N-methyl/N-ethyl adjacent to an activating group) is 2. The van der Waals surface area contributed by atoms with E-state index in [9.17, 15) is 4.79 Å². The van der Waals surface area contributed by atoms with Crippen molar-refractivity contribution in [3.8, 4) is 6.07 Å². The average Bonchev–Trinajstić information content (AvgIpc) is 3.00. The molecule has 2 heterocycles. The summed E-state index contributed by atoms with van der Waals surface area (Å²) in [5, 5.41) is 8.89. The number of anilines is 1. The summed E-state index contributed by atoms with van der Waals surface area (Å²) in [6.45, 7) is 4.89. The molecule has 116 valence electrons. The Kier molecular flexibility index (Phi) is 4.88. The van der Waals surface area contributed by atoms with Crippen LogP contribution in [0.15, 0.2) is 12.7 Å². The fourth-order valence-electron chi connectivity index (χ4n) is 2.20. The number of carbonyl (C=O) groups is 1. The molecule has 0 aliphatic carbocycles. The van der Waals surface area contributed by atoms with Gasteiger partial charge in [0.25, 0.3) is 0 Å². The molecule has 0 fully saturated rings. The Bertz CT molecular complexity index is 690. The van der Waals surface area contributed by atoms with E-state index in [0.29, 0.717) is 30.1 Å². The number of nitrogens with zero attached hydrogens (tertiary/aromatic N) is 6. The SMILES string of the molecule is CCN(CC(C)C#N)C(=O)CN(C)c1ncnc2nc[nH]c12. The van der Waals surface area contributed by atoms with Crippen LogP contribution in [0.1, 0.15) is 13.8 Å². The van der Waals surface area contributed by atoms with E-state index in [2.05, 4.69) is 26.0 Å². The Morgan fingerprint density at radius 3 is 2.91 bits per heavy atom. The maximum atomic E-state index is 12.4. The number of fused-ring (bicyclic) bond motifs is 1. The number of H-pyrrole nitrogens is 1. The molecule has 0 spiro atoms. The molecule has 0 aromatic carbocycles. The Morgan fingerprint density at radius 1 is 1.45 bits per heavy atom. The fourth-order valence-corrected chi connectivity index (χ4v) is 2.20. The van der Waals surface area contributed by atoms with Gasteiger partial charge in [0.05, 0.1) is 24.9 Å². The van der Waals surface area contributed by atoms with E-state index in [-0.39, 0.29) is 18.4 Å². The smallest absolute Gasteiger partial charge is 0.242 e. The van der Waals surface area contributed by atoms with Gasteiger partial charge in [-0.25, -0.2) is 15.0 Å². The second kappa shape index (κ2) is 6.85. The van der Waals surface area contributed by atoms with Crippen LogP contribution in [0.25, 0.3) is 11.2 Å². The zero-order chi connectivity index (χ0) is 16.1. The van der Waals surface area contributed by atoms with Crippen LogP contribution in [0.4, 0.5) is 5.82 Å². The quantitative estimate of drug-likeness (QED) is 0.846. The molecule has 0 saturated carbocycles. The van der Waals surface area contributed by atoms with Crippen molar-refractivity contribution in [2.45, 2.75) is 13.8 Å². The van der Waals surface area contributed by atoms with Gasteiger partial charge in [0.2, 0.25) is 5.91 Å². The molecular weight excluding hydrogens is 282 g/mol. The maximum absolute atomic E-state index is 12.4. The van der Waals surface area contributed by atoms with Crippen LogP contribution in [0.5, 0.6) is 0 Å². The van der Waals surface area contributed by atoms with Crippen molar-refractivity contribution >= 4 is 22.9 Å². The number of aromatic amines is 1. The monoisotopic (exact) mass is 301 g/mol. The summed E-state index contributed by atoms with van der Waals surface area (Å²) in [7, 11) is 1.79. The third-order valence-corrected chi connectivity index (χ3v) is 3.39. The Morgan fingerprint density at radius 2 is 2.23 bits per heavy atom. The van der Waals surface area contributed by atoms with Gasteiger partial charge in [-0.3, -0.25) is 4.79 Å². The number of hydrogen-bond acceptors (Lipinski definition) is 6. The van der Waals surface area contributed by atoms with Crippen LogP contribution < -0.4 is 4.90 Å². The minimum absolute atomic E-state index is 0.0432. The summed E-state index contributed by atoms with van der Waals surface area (Å²) in [6, 6.07) is 2.15. The summed E-state index contributed by atoms with van der Waals surface area (Å²) in [5.41, 5.74) is 1.26. The molecule has 2 rings (SSSR count). The molecule has 0 aliphatic heterocycles. The molecule has 2 aromatic heterocycles. The zero-order valence-electron chi connectivity index (χ0n) is 12.9. The van der Waals surface area contributed by atoms with Crippen molar-refractivity contribution < 1.29 is 4.79 Å². The van der Waals surface area contributed by atoms with E-state index in [1.807, 2.05) is 6.92 Å². The number of nitrogens with one attached hydrogen (secondary N) is 1. The van der Waals surface area contributed by atoms with Crippen molar-refractivity contribution in [1.29, 1.82) is 5.26 Å². The van der Waals surface area contributed by atoms with Crippen LogP contribution in [0.3, 0.4) is 0 Å². The highest BCUT2D eigenvalue weighted by atomic mass is 16.2. The lowest BCUT2D eigenvalue weighted by molar-refractivity contribution is -0.129. The fraction of sp³-hybridized carbons (Fsp3) is 0.500. The largest absolute Gasteiger partial charge is 0.348 e. The number of imidazole rings is 1. The predicted octanol–water partition coefficient (Wildman–Crippen LogP) is 0.797. The van der Waals surface area contributed by atoms with E-state index >= 15 is 0 Å². The first-order valence-corrected chi connectivity index (χ1v) is 7.09. The molecular formula is C14H19N7O. The molecule has 1 atom stereocenters. The molecule has 0 aliphatic rings. The second-order valence-electron chi connectivity index (χ2n) is 5.12. The van der Waals surface area contributed by atoms with Crippen LogP contribution >= 0.6 is 0 Å². The van der Waals surface area contributed by atoms with E-state index < -0.39 is 0 Å². The number of rotatable bonds is 6. The van der Waals surface area contributed by atoms with Gasteiger partial charge in [0.15, 0.2) is 11.5 Å². The Hall–Kier alpha value is -2.69. The minimum Gasteiger partial charge on any atom is -0.348 e. The molecule has 8 heteroatoms. The molecule has 1 unspecified atom stereocenters. The van der Waals surface area contributed by atoms with Crippen LogP contribution in [0, 0.1) is 17.2 Å². The molecule has 22 heavy (non-hydrogen) atoms. The van der Waals surface area contributed by atoms with E-state index in [1.54, 1.807) is 30.1 Å². The maximum Gasteiger partial charge on any atom is 0.242 e. The first-order chi connectivity index (χ1) is 10.6. The molecule has 1 amide bonds. The Balaban J connectivity index is 2.10.